The van der Waals surface area contributed by atoms with Crippen LogP contribution in [0.25, 0.3) is 11.4 Å². The van der Waals surface area contributed by atoms with Gasteiger partial charge in [-0.2, -0.15) is 4.98 Å². The van der Waals surface area contributed by atoms with Gasteiger partial charge in [-0.1, -0.05) is 25.5 Å². The molecule has 0 bridgehead atoms. The first-order chi connectivity index (χ1) is 16.2. The molecule has 2 aromatic rings. The van der Waals surface area contributed by atoms with Crippen LogP contribution in [0.2, 0.25) is 0 Å². The van der Waals surface area contributed by atoms with Gasteiger partial charge in [0.05, 0.1) is 17.6 Å². The number of amidine groups is 1. The lowest BCUT2D eigenvalue weighted by molar-refractivity contribution is 0.0501. The van der Waals surface area contributed by atoms with Crippen LogP contribution in [0.4, 0.5) is 15.1 Å². The van der Waals surface area contributed by atoms with E-state index in [0.29, 0.717) is 29.3 Å². The highest BCUT2D eigenvalue weighted by molar-refractivity contribution is 6.04. The average Bonchev–Trinajstić information content (AvgIpc) is 3.13. The molecule has 2 unspecified atom stereocenters. The van der Waals surface area contributed by atoms with Gasteiger partial charge in [0.25, 0.3) is 0 Å². The normalized spacial score (nSPS) is 19.7. The standard InChI is InChI=1S/C25H31FN6O2/c1-5-15-10-13-20(29-15)31-23-28-14-27-22(32-23)18-12-11-16-17(21(18)26)8-6-7-9-19(16)30-24(33)34-25(2,3)4/h10-15,19H,5-9H2,1-4H3,(H,30,33)(H,27,28,29,31,32). The number of fused-ring (bicyclic) bond motifs is 1. The van der Waals surface area contributed by atoms with Crippen molar-refractivity contribution in [2.45, 2.75) is 77.5 Å². The molecule has 1 aliphatic carbocycles. The molecule has 0 saturated carbocycles. The van der Waals surface area contributed by atoms with E-state index in [0.717, 1.165) is 31.2 Å². The van der Waals surface area contributed by atoms with Crippen LogP contribution in [-0.2, 0) is 11.2 Å². The van der Waals surface area contributed by atoms with E-state index < -0.39 is 11.7 Å². The maximum absolute atomic E-state index is 15.7. The predicted octanol–water partition coefficient (Wildman–Crippen LogP) is 5.13. The number of alkyl carbamates (subject to hydrolysis) is 1. The molecule has 34 heavy (non-hydrogen) atoms. The van der Waals surface area contributed by atoms with Crippen molar-refractivity contribution >= 4 is 17.9 Å². The fourth-order valence-electron chi connectivity index (χ4n) is 4.16. The number of amides is 1. The van der Waals surface area contributed by atoms with E-state index in [4.69, 9.17) is 4.74 Å². The molecule has 1 aliphatic heterocycles. The van der Waals surface area contributed by atoms with Crippen LogP contribution >= 0.6 is 0 Å². The van der Waals surface area contributed by atoms with Crippen molar-refractivity contribution < 1.29 is 13.9 Å². The minimum atomic E-state index is -0.603. The Balaban J connectivity index is 1.59. The molecule has 0 saturated heterocycles. The first-order valence-electron chi connectivity index (χ1n) is 11.8. The molecule has 1 aromatic heterocycles. The number of aromatic nitrogens is 3. The van der Waals surface area contributed by atoms with Gasteiger partial charge in [0.2, 0.25) is 5.95 Å². The second kappa shape index (κ2) is 9.87. The van der Waals surface area contributed by atoms with Crippen LogP contribution in [0.3, 0.4) is 0 Å². The molecule has 1 amide bonds. The van der Waals surface area contributed by atoms with Gasteiger partial charge < -0.3 is 15.4 Å². The first kappa shape index (κ1) is 23.8. The summed E-state index contributed by atoms with van der Waals surface area (Å²) in [6.07, 6.45) is 8.67. The van der Waals surface area contributed by atoms with Gasteiger partial charge in [-0.05, 0) is 69.7 Å². The van der Waals surface area contributed by atoms with Crippen molar-refractivity contribution in [3.8, 4) is 11.4 Å². The number of ether oxygens (including phenoxy) is 1. The van der Waals surface area contributed by atoms with E-state index in [1.165, 1.54) is 6.33 Å². The zero-order valence-corrected chi connectivity index (χ0v) is 20.1. The minimum Gasteiger partial charge on any atom is -0.444 e. The summed E-state index contributed by atoms with van der Waals surface area (Å²) in [6, 6.07) is 3.36. The lowest BCUT2D eigenvalue weighted by Crippen LogP contribution is -2.35. The van der Waals surface area contributed by atoms with Crippen molar-refractivity contribution in [2.75, 3.05) is 5.32 Å². The first-order valence-corrected chi connectivity index (χ1v) is 11.8. The number of nitrogens with zero attached hydrogens (tertiary/aromatic N) is 4. The van der Waals surface area contributed by atoms with Crippen molar-refractivity contribution in [2.24, 2.45) is 4.99 Å². The summed E-state index contributed by atoms with van der Waals surface area (Å²) in [4.78, 5) is 29.7. The average molecular weight is 467 g/mol. The third-order valence-electron chi connectivity index (χ3n) is 5.77. The van der Waals surface area contributed by atoms with E-state index >= 15 is 4.39 Å². The Morgan fingerprint density at radius 2 is 2.06 bits per heavy atom. The van der Waals surface area contributed by atoms with Crippen molar-refractivity contribution in [1.82, 2.24) is 20.3 Å². The van der Waals surface area contributed by atoms with E-state index in [1.54, 1.807) is 6.07 Å². The second-order valence-corrected chi connectivity index (χ2v) is 9.55. The summed E-state index contributed by atoms with van der Waals surface area (Å²) >= 11 is 0. The number of benzene rings is 1. The van der Waals surface area contributed by atoms with Crippen LogP contribution < -0.4 is 10.6 Å². The fraction of sp³-hybridized carbons (Fsp3) is 0.480. The number of halogens is 1. The Morgan fingerprint density at radius 1 is 1.24 bits per heavy atom. The number of hydrogen-bond acceptors (Lipinski definition) is 7. The summed E-state index contributed by atoms with van der Waals surface area (Å²) in [5.41, 5.74) is 1.06. The van der Waals surface area contributed by atoms with Crippen LogP contribution in [0.5, 0.6) is 0 Å². The van der Waals surface area contributed by atoms with Crippen molar-refractivity contribution in [1.29, 1.82) is 0 Å². The summed E-state index contributed by atoms with van der Waals surface area (Å²) in [5.74, 6) is 0.858. The Morgan fingerprint density at radius 3 is 2.79 bits per heavy atom. The molecule has 9 heteroatoms. The summed E-state index contributed by atoms with van der Waals surface area (Å²) in [6.45, 7) is 7.51. The van der Waals surface area contributed by atoms with Gasteiger partial charge in [0, 0.05) is 0 Å². The molecule has 0 radical (unpaired) electrons. The lowest BCUT2D eigenvalue weighted by Gasteiger charge is -2.24. The highest BCUT2D eigenvalue weighted by Gasteiger charge is 2.27. The number of carbonyl (C=O) groups excluding carboxylic acids is 1. The van der Waals surface area contributed by atoms with Gasteiger partial charge in [-0.25, -0.2) is 19.2 Å². The van der Waals surface area contributed by atoms with Crippen LogP contribution in [0.15, 0.2) is 35.6 Å². The minimum absolute atomic E-state index is 0.146. The Hall–Kier alpha value is -3.36. The van der Waals surface area contributed by atoms with E-state index in [-0.39, 0.29) is 23.7 Å². The molecule has 0 spiro atoms. The SMILES string of the molecule is CCC1C=CC(Nc2ncnc(-c3ccc4c(c3F)CCCCC4NC(=O)OC(C)(C)C)n2)=N1. The highest BCUT2D eigenvalue weighted by atomic mass is 19.1. The number of carbonyl (C=O) groups is 1. The van der Waals surface area contributed by atoms with E-state index in [1.807, 2.05) is 39.0 Å². The molecule has 0 fully saturated rings. The van der Waals surface area contributed by atoms with Gasteiger partial charge >= 0.3 is 6.09 Å². The number of nitrogens with one attached hydrogen (secondary N) is 2. The molecular weight excluding hydrogens is 435 g/mol. The number of anilines is 1. The summed E-state index contributed by atoms with van der Waals surface area (Å²) in [7, 11) is 0. The molecule has 2 N–H and O–H groups in total. The van der Waals surface area contributed by atoms with Gasteiger partial charge in [-0.3, -0.25) is 4.99 Å². The molecular formula is C25H31FN6O2. The monoisotopic (exact) mass is 466 g/mol. The second-order valence-electron chi connectivity index (χ2n) is 9.55. The van der Waals surface area contributed by atoms with E-state index in [2.05, 4.69) is 37.5 Å². The number of aliphatic imine (C=N–C) groups is 1. The number of rotatable bonds is 4. The highest BCUT2D eigenvalue weighted by Crippen LogP contribution is 2.34. The Labute approximate surface area is 199 Å². The molecule has 1 aromatic carbocycles. The molecule has 8 nitrogen and oxygen atoms in total. The van der Waals surface area contributed by atoms with E-state index in [9.17, 15) is 4.79 Å². The van der Waals surface area contributed by atoms with Crippen molar-refractivity contribution in [3.05, 3.63) is 47.6 Å². The molecule has 4 rings (SSSR count). The van der Waals surface area contributed by atoms with Crippen LogP contribution in [0.1, 0.15) is 70.5 Å². The zero-order chi connectivity index (χ0) is 24.3. The smallest absolute Gasteiger partial charge is 0.408 e. The topological polar surface area (TPSA) is 101 Å². The van der Waals surface area contributed by atoms with Gasteiger partial charge in [0.15, 0.2) is 5.82 Å². The largest absolute Gasteiger partial charge is 0.444 e. The van der Waals surface area contributed by atoms with Gasteiger partial charge in [-0.15, -0.1) is 0 Å². The number of hydrogen-bond donors (Lipinski definition) is 2. The summed E-state index contributed by atoms with van der Waals surface area (Å²) in [5, 5.41) is 5.99. The molecule has 2 heterocycles. The lowest BCUT2D eigenvalue weighted by atomic mass is 9.95. The maximum Gasteiger partial charge on any atom is 0.408 e. The molecule has 2 atom stereocenters. The maximum atomic E-state index is 15.7. The third kappa shape index (κ3) is 5.58. The summed E-state index contributed by atoms with van der Waals surface area (Å²) < 4.78 is 21.1. The van der Waals surface area contributed by atoms with Crippen molar-refractivity contribution in [3.63, 3.8) is 0 Å². The predicted molar refractivity (Wildman–Crippen MR) is 129 cm³/mol. The Kier molecular flexibility index (Phi) is 6.90. The van der Waals surface area contributed by atoms with Gasteiger partial charge in [0.1, 0.15) is 23.6 Å². The molecule has 2 aliphatic rings. The Bertz CT molecular complexity index is 1120. The molecule has 180 valence electrons. The van der Waals surface area contributed by atoms with Crippen LogP contribution in [0, 0.1) is 5.82 Å². The quantitative estimate of drug-likeness (QED) is 0.606. The zero-order valence-electron chi connectivity index (χ0n) is 20.1. The fourth-order valence-corrected chi connectivity index (χ4v) is 4.16. The third-order valence-corrected chi connectivity index (χ3v) is 5.77. The van der Waals surface area contributed by atoms with Crippen LogP contribution in [-0.4, -0.2) is 38.5 Å².